The predicted molar refractivity (Wildman–Crippen MR) is 156 cm³/mol. The zero-order chi connectivity index (χ0) is 28.9. The van der Waals surface area contributed by atoms with Crippen LogP contribution in [0.15, 0.2) is 63.6 Å². The minimum absolute atomic E-state index is 0.0747. The number of hydrogen-bond acceptors (Lipinski definition) is 7. The summed E-state index contributed by atoms with van der Waals surface area (Å²) in [6.45, 7) is 1.62. The van der Waals surface area contributed by atoms with E-state index in [1.807, 2.05) is 25.1 Å². The summed E-state index contributed by atoms with van der Waals surface area (Å²) < 4.78 is 11.4. The van der Waals surface area contributed by atoms with E-state index in [0.29, 0.717) is 23.1 Å². The smallest absolute Gasteiger partial charge is 0.251 e. The van der Waals surface area contributed by atoms with Crippen LogP contribution < -0.4 is 10.2 Å². The van der Waals surface area contributed by atoms with Gasteiger partial charge >= 0.3 is 0 Å². The van der Waals surface area contributed by atoms with Gasteiger partial charge in [0.2, 0.25) is 5.82 Å². The molecular formula is C32H38N6O4. The Kier molecular flexibility index (Phi) is 8.48. The Bertz CT molecular complexity index is 1460. The molecule has 2 amide bonds. The summed E-state index contributed by atoms with van der Waals surface area (Å²) in [7, 11) is 0. The van der Waals surface area contributed by atoms with Gasteiger partial charge in [-0.3, -0.25) is 14.5 Å². The highest BCUT2D eigenvalue weighted by Gasteiger charge is 2.36. The highest BCUT2D eigenvalue weighted by Crippen LogP contribution is 2.35. The lowest BCUT2D eigenvalue weighted by Crippen LogP contribution is -2.48. The first-order valence-electron chi connectivity index (χ1n) is 15.2. The van der Waals surface area contributed by atoms with E-state index in [1.54, 1.807) is 18.2 Å². The van der Waals surface area contributed by atoms with Gasteiger partial charge in [0.05, 0.1) is 6.26 Å². The molecule has 2 saturated carbocycles. The highest BCUT2D eigenvalue weighted by molar-refractivity contribution is 6.01. The number of benzene rings is 1. The van der Waals surface area contributed by atoms with E-state index in [4.69, 9.17) is 8.83 Å². The van der Waals surface area contributed by atoms with Crippen LogP contribution in [0.2, 0.25) is 0 Å². The normalized spacial score (nSPS) is 17.2. The number of nitrogens with one attached hydrogen (secondary N) is 1. The third kappa shape index (κ3) is 6.32. The maximum absolute atomic E-state index is 14.1. The van der Waals surface area contributed by atoms with Crippen molar-refractivity contribution in [2.75, 3.05) is 4.90 Å². The van der Waals surface area contributed by atoms with Gasteiger partial charge in [-0.1, -0.05) is 50.7 Å². The molecule has 1 N–H and O–H groups in total. The molecule has 10 heteroatoms. The molecule has 4 aromatic rings. The molecule has 10 nitrogen and oxygen atoms in total. The standard InChI is InChI=1S/C32H38N6O4/c1-22-14-19-28(42-22)31-34-36-37(35-31)21-29(39)38(26-17-15-24(16-18-26)23-9-4-2-5-10-23)30(27-13-8-20-41-27)32(40)33-25-11-6-3-7-12-25/h8,13-20,23,25,30H,2-7,9-12,21H2,1H3,(H,33,40)/t30-/m0/s1. The molecule has 0 aliphatic heterocycles. The molecule has 2 aliphatic rings. The number of anilines is 1. The van der Waals surface area contributed by atoms with Crippen molar-refractivity contribution in [3.63, 3.8) is 0 Å². The molecule has 2 aliphatic carbocycles. The second-order valence-corrected chi connectivity index (χ2v) is 11.5. The first-order chi connectivity index (χ1) is 20.5. The molecule has 220 valence electrons. The van der Waals surface area contributed by atoms with Crippen molar-refractivity contribution in [2.45, 2.75) is 95.7 Å². The van der Waals surface area contributed by atoms with Crippen LogP contribution in [-0.2, 0) is 16.1 Å². The zero-order valence-electron chi connectivity index (χ0n) is 24.1. The summed E-state index contributed by atoms with van der Waals surface area (Å²) in [6.07, 6.45) is 12.8. The first-order valence-corrected chi connectivity index (χ1v) is 15.2. The third-order valence-electron chi connectivity index (χ3n) is 8.48. The van der Waals surface area contributed by atoms with Crippen molar-refractivity contribution in [3.8, 4) is 11.6 Å². The highest BCUT2D eigenvalue weighted by atomic mass is 16.3. The topological polar surface area (TPSA) is 119 Å². The van der Waals surface area contributed by atoms with Gasteiger partial charge in [-0.05, 0) is 85.7 Å². The van der Waals surface area contributed by atoms with Gasteiger partial charge in [-0.15, -0.1) is 10.2 Å². The molecule has 6 rings (SSSR count). The maximum atomic E-state index is 14.1. The Morgan fingerprint density at radius 1 is 0.976 bits per heavy atom. The number of tetrazole rings is 1. The summed E-state index contributed by atoms with van der Waals surface area (Å²) in [5, 5.41) is 15.8. The monoisotopic (exact) mass is 570 g/mol. The van der Waals surface area contributed by atoms with Crippen molar-refractivity contribution in [1.82, 2.24) is 25.5 Å². The summed E-state index contributed by atoms with van der Waals surface area (Å²) >= 11 is 0. The summed E-state index contributed by atoms with van der Waals surface area (Å²) in [5.74, 6) is 1.78. The quantitative estimate of drug-likeness (QED) is 0.258. The number of carbonyl (C=O) groups is 2. The van der Waals surface area contributed by atoms with Crippen LogP contribution in [-0.4, -0.2) is 38.1 Å². The molecule has 0 saturated heterocycles. The molecular weight excluding hydrogens is 532 g/mol. The van der Waals surface area contributed by atoms with Crippen molar-refractivity contribution in [3.05, 3.63) is 71.9 Å². The van der Waals surface area contributed by atoms with E-state index in [2.05, 4.69) is 32.9 Å². The van der Waals surface area contributed by atoms with E-state index in [1.165, 1.54) is 60.0 Å². The average Bonchev–Trinajstić information content (AvgIpc) is 3.80. The Morgan fingerprint density at radius 2 is 1.71 bits per heavy atom. The Morgan fingerprint density at radius 3 is 2.38 bits per heavy atom. The van der Waals surface area contributed by atoms with Crippen LogP contribution in [0, 0.1) is 6.92 Å². The van der Waals surface area contributed by atoms with Gasteiger partial charge in [0, 0.05) is 11.7 Å². The van der Waals surface area contributed by atoms with Crippen LogP contribution in [0.1, 0.15) is 93.3 Å². The molecule has 42 heavy (non-hydrogen) atoms. The number of aromatic nitrogens is 4. The lowest BCUT2D eigenvalue weighted by Gasteiger charge is -2.32. The van der Waals surface area contributed by atoms with E-state index < -0.39 is 6.04 Å². The lowest BCUT2D eigenvalue weighted by molar-refractivity contribution is -0.128. The predicted octanol–water partition coefficient (Wildman–Crippen LogP) is 6.11. The second kappa shape index (κ2) is 12.8. The number of nitrogens with zero attached hydrogens (tertiary/aromatic N) is 5. The van der Waals surface area contributed by atoms with E-state index in [-0.39, 0.29) is 30.2 Å². The SMILES string of the molecule is Cc1ccc(-c2nnn(CC(=O)N(c3ccc(C4CCCCC4)cc3)[C@H](C(=O)NC3CCCCC3)c3ccco3)n2)o1. The number of carbonyl (C=O) groups excluding carboxylic acids is 2. The molecule has 3 aromatic heterocycles. The number of furan rings is 2. The van der Waals surface area contributed by atoms with Crippen LogP contribution in [0.3, 0.4) is 0 Å². The number of aryl methyl sites for hydroxylation is 1. The van der Waals surface area contributed by atoms with Gasteiger partial charge in [0.15, 0.2) is 11.8 Å². The molecule has 0 bridgehead atoms. The molecule has 0 spiro atoms. The number of hydrogen-bond donors (Lipinski definition) is 1. The third-order valence-corrected chi connectivity index (χ3v) is 8.48. The molecule has 1 aromatic carbocycles. The van der Waals surface area contributed by atoms with Crippen molar-refractivity contribution >= 4 is 17.5 Å². The maximum Gasteiger partial charge on any atom is 0.251 e. The van der Waals surface area contributed by atoms with Gasteiger partial charge in [0.1, 0.15) is 18.1 Å². The summed E-state index contributed by atoms with van der Waals surface area (Å²) in [6, 6.07) is 14.2. The van der Waals surface area contributed by atoms with Gasteiger partial charge in [-0.2, -0.15) is 4.80 Å². The summed E-state index contributed by atoms with van der Waals surface area (Å²) in [5.41, 5.74) is 1.88. The fourth-order valence-electron chi connectivity index (χ4n) is 6.29. The molecule has 3 heterocycles. The van der Waals surface area contributed by atoms with Crippen LogP contribution >= 0.6 is 0 Å². The van der Waals surface area contributed by atoms with Crippen molar-refractivity contribution < 1.29 is 18.4 Å². The first kappa shape index (κ1) is 27.9. The van der Waals surface area contributed by atoms with Crippen molar-refractivity contribution in [1.29, 1.82) is 0 Å². The van der Waals surface area contributed by atoms with Gasteiger partial charge < -0.3 is 14.2 Å². The van der Waals surface area contributed by atoms with Crippen LogP contribution in [0.5, 0.6) is 0 Å². The fourth-order valence-corrected chi connectivity index (χ4v) is 6.29. The second-order valence-electron chi connectivity index (χ2n) is 11.5. The van der Waals surface area contributed by atoms with E-state index in [0.717, 1.165) is 31.4 Å². The Hall–Kier alpha value is -4.21. The average molecular weight is 571 g/mol. The number of rotatable bonds is 9. The number of amides is 2. The fraction of sp³-hybridized carbons (Fsp3) is 0.469. The zero-order valence-corrected chi connectivity index (χ0v) is 24.1. The minimum atomic E-state index is -0.995. The Labute approximate surface area is 245 Å². The van der Waals surface area contributed by atoms with Crippen molar-refractivity contribution in [2.24, 2.45) is 0 Å². The largest absolute Gasteiger partial charge is 0.467 e. The van der Waals surface area contributed by atoms with Gasteiger partial charge in [0.25, 0.3) is 11.8 Å². The summed E-state index contributed by atoms with van der Waals surface area (Å²) in [4.78, 5) is 30.8. The molecule has 1 atom stereocenters. The molecule has 0 radical (unpaired) electrons. The lowest BCUT2D eigenvalue weighted by atomic mass is 9.84. The van der Waals surface area contributed by atoms with Gasteiger partial charge in [-0.25, -0.2) is 0 Å². The Balaban J connectivity index is 1.32. The minimum Gasteiger partial charge on any atom is -0.467 e. The van der Waals surface area contributed by atoms with E-state index >= 15 is 0 Å². The molecule has 0 unspecified atom stereocenters. The molecule has 2 fully saturated rings. The van der Waals surface area contributed by atoms with E-state index in [9.17, 15) is 9.59 Å². The van der Waals surface area contributed by atoms with Crippen LogP contribution in [0.25, 0.3) is 11.6 Å². The van der Waals surface area contributed by atoms with Crippen LogP contribution in [0.4, 0.5) is 5.69 Å².